The summed E-state index contributed by atoms with van der Waals surface area (Å²) >= 11 is 3.10. The average Bonchev–Trinajstić information content (AvgIpc) is 2.36. The van der Waals surface area contributed by atoms with E-state index in [1.807, 2.05) is 6.07 Å². The van der Waals surface area contributed by atoms with E-state index in [0.717, 1.165) is 6.07 Å². The van der Waals surface area contributed by atoms with Crippen LogP contribution in [0.2, 0.25) is 0 Å². The number of hydrogen-bond donors (Lipinski definition) is 0. The summed E-state index contributed by atoms with van der Waals surface area (Å²) in [6, 6.07) is 2.36. The molecule has 1 aromatic heterocycles. The van der Waals surface area contributed by atoms with Crippen molar-refractivity contribution in [2.24, 2.45) is 0 Å². The van der Waals surface area contributed by atoms with Crippen LogP contribution < -0.4 is 0 Å². The maximum Gasteiger partial charge on any atom is 0.364 e. The first kappa shape index (κ1) is 14.1. The second-order valence-electron chi connectivity index (χ2n) is 3.50. The molecule has 0 fully saturated rings. The maximum absolute atomic E-state index is 12.0. The number of aromatic nitrogens is 1. The lowest BCUT2D eigenvalue weighted by atomic mass is 10.2. The van der Waals surface area contributed by atoms with Crippen molar-refractivity contribution in [2.75, 3.05) is 7.05 Å². The number of hydrogen-bond acceptors (Lipinski definition) is 5. The number of amides is 1. The van der Waals surface area contributed by atoms with Crippen LogP contribution in [0.3, 0.4) is 0 Å². The van der Waals surface area contributed by atoms with Crippen molar-refractivity contribution in [3.05, 3.63) is 32.4 Å². The molecule has 0 aliphatic rings. The third kappa shape index (κ3) is 2.81. The van der Waals surface area contributed by atoms with E-state index in [1.165, 1.54) is 18.1 Å². The van der Waals surface area contributed by atoms with E-state index < -0.39 is 22.7 Å². The molecule has 18 heavy (non-hydrogen) atoms. The van der Waals surface area contributed by atoms with Gasteiger partial charge in [0.05, 0.1) is 16.1 Å². The summed E-state index contributed by atoms with van der Waals surface area (Å²) in [4.78, 5) is 26.7. The molecule has 0 saturated carbocycles. The molecule has 0 aliphatic carbocycles. The average molecular weight is 313 g/mol. The summed E-state index contributed by atoms with van der Waals surface area (Å²) in [5.74, 6) is -0.902. The molecule has 1 unspecified atom stereocenters. The van der Waals surface area contributed by atoms with E-state index in [1.54, 1.807) is 6.92 Å². The predicted molar refractivity (Wildman–Crippen MR) is 65.8 cm³/mol. The molecular formula is C10H9BrN4O3. The zero-order valence-corrected chi connectivity index (χ0v) is 11.2. The number of halogens is 1. The monoisotopic (exact) mass is 312 g/mol. The molecule has 0 aromatic carbocycles. The van der Waals surface area contributed by atoms with Crippen LogP contribution >= 0.6 is 15.9 Å². The zero-order valence-electron chi connectivity index (χ0n) is 9.62. The quantitative estimate of drug-likeness (QED) is 0.625. The molecule has 94 valence electrons. The van der Waals surface area contributed by atoms with Crippen LogP contribution in [0.4, 0.5) is 5.82 Å². The van der Waals surface area contributed by atoms with Gasteiger partial charge in [0, 0.05) is 13.1 Å². The van der Waals surface area contributed by atoms with Crippen molar-refractivity contribution in [2.45, 2.75) is 13.0 Å². The minimum atomic E-state index is -0.684. The lowest BCUT2D eigenvalue weighted by Crippen LogP contribution is -2.34. The third-order valence-corrected chi connectivity index (χ3v) is 2.98. The molecule has 1 atom stereocenters. The number of carbonyl (C=O) groups excluding carboxylic acids is 1. The first-order valence-electron chi connectivity index (χ1n) is 4.85. The summed E-state index contributed by atoms with van der Waals surface area (Å²) in [7, 11) is 1.45. The Morgan fingerprint density at radius 3 is 2.83 bits per heavy atom. The van der Waals surface area contributed by atoms with Gasteiger partial charge in [0.2, 0.25) is 0 Å². The zero-order chi connectivity index (χ0) is 13.9. The number of nitriles is 1. The molecule has 7 nitrogen and oxygen atoms in total. The Balaban J connectivity index is 3.17. The number of carbonyl (C=O) groups is 1. The van der Waals surface area contributed by atoms with E-state index >= 15 is 0 Å². The van der Waals surface area contributed by atoms with Crippen LogP contribution in [-0.4, -0.2) is 33.8 Å². The summed E-state index contributed by atoms with van der Waals surface area (Å²) in [6.45, 7) is 1.56. The van der Waals surface area contributed by atoms with Crippen molar-refractivity contribution < 1.29 is 9.72 Å². The fourth-order valence-corrected chi connectivity index (χ4v) is 1.53. The fraction of sp³-hybridized carbons (Fsp3) is 0.300. The SMILES string of the molecule is CC(C#N)N(C)C(=O)c1cc([N+](=O)[O-])ncc1Br. The lowest BCUT2D eigenvalue weighted by molar-refractivity contribution is -0.389. The lowest BCUT2D eigenvalue weighted by Gasteiger charge is -2.19. The maximum atomic E-state index is 12.0. The molecule has 0 N–H and O–H groups in total. The highest BCUT2D eigenvalue weighted by Gasteiger charge is 2.22. The van der Waals surface area contributed by atoms with Crippen LogP contribution in [0, 0.1) is 21.4 Å². The molecule has 1 rings (SSSR count). The van der Waals surface area contributed by atoms with Crippen molar-refractivity contribution >= 4 is 27.7 Å². The van der Waals surface area contributed by atoms with Gasteiger partial charge in [0.15, 0.2) is 6.20 Å². The Morgan fingerprint density at radius 1 is 1.72 bits per heavy atom. The van der Waals surface area contributed by atoms with Gasteiger partial charge >= 0.3 is 5.82 Å². The summed E-state index contributed by atoms with van der Waals surface area (Å²) in [6.07, 6.45) is 1.19. The van der Waals surface area contributed by atoms with E-state index in [9.17, 15) is 14.9 Å². The Labute approximate surface area is 111 Å². The molecule has 1 heterocycles. The normalized spacial score (nSPS) is 11.4. The first-order valence-corrected chi connectivity index (χ1v) is 5.64. The highest BCUT2D eigenvalue weighted by Crippen LogP contribution is 2.21. The highest BCUT2D eigenvalue weighted by atomic mass is 79.9. The van der Waals surface area contributed by atoms with Gasteiger partial charge in [0.1, 0.15) is 6.04 Å². The molecule has 0 radical (unpaired) electrons. The largest absolute Gasteiger partial charge is 0.364 e. The third-order valence-electron chi connectivity index (χ3n) is 2.35. The van der Waals surface area contributed by atoms with Crippen molar-refractivity contribution in [1.29, 1.82) is 5.26 Å². The number of pyridine rings is 1. The van der Waals surface area contributed by atoms with Crippen LogP contribution in [0.15, 0.2) is 16.7 Å². The molecule has 8 heteroatoms. The molecule has 0 spiro atoms. The topological polar surface area (TPSA) is 100 Å². The minimum Gasteiger partial charge on any atom is -0.358 e. The summed E-state index contributed by atoms with van der Waals surface area (Å²) in [5.41, 5.74) is 0.0984. The van der Waals surface area contributed by atoms with E-state index in [2.05, 4.69) is 20.9 Å². The minimum absolute atomic E-state index is 0.0984. The number of nitrogens with zero attached hydrogens (tertiary/aromatic N) is 4. The van der Waals surface area contributed by atoms with Gasteiger partial charge in [0.25, 0.3) is 5.91 Å². The van der Waals surface area contributed by atoms with Crippen molar-refractivity contribution in [1.82, 2.24) is 9.88 Å². The van der Waals surface area contributed by atoms with Gasteiger partial charge in [-0.3, -0.25) is 4.79 Å². The van der Waals surface area contributed by atoms with E-state index in [0.29, 0.717) is 4.47 Å². The summed E-state index contributed by atoms with van der Waals surface area (Å²) < 4.78 is 0.343. The predicted octanol–water partition coefficient (Wildman–Crippen LogP) is 1.74. The summed E-state index contributed by atoms with van der Waals surface area (Å²) in [5, 5.41) is 19.3. The standard InChI is InChI=1S/C10H9BrN4O3/c1-6(4-12)14(2)10(16)7-3-9(15(17)18)13-5-8(7)11/h3,5-6H,1-2H3. The Hall–Kier alpha value is -2.01. The van der Waals surface area contributed by atoms with Gasteiger partial charge in [-0.05, 0) is 32.8 Å². The van der Waals surface area contributed by atoms with Gasteiger partial charge in [-0.2, -0.15) is 5.26 Å². The Kier molecular flexibility index (Phi) is 4.33. The smallest absolute Gasteiger partial charge is 0.358 e. The van der Waals surface area contributed by atoms with Gasteiger partial charge < -0.3 is 15.0 Å². The Bertz CT molecular complexity index is 540. The second kappa shape index (κ2) is 5.55. The van der Waals surface area contributed by atoms with Gasteiger partial charge in [-0.15, -0.1) is 0 Å². The second-order valence-corrected chi connectivity index (χ2v) is 4.35. The van der Waals surface area contributed by atoms with E-state index in [-0.39, 0.29) is 5.56 Å². The molecular weight excluding hydrogens is 304 g/mol. The van der Waals surface area contributed by atoms with Crippen LogP contribution in [0.1, 0.15) is 17.3 Å². The van der Waals surface area contributed by atoms with Gasteiger partial charge in [-0.25, -0.2) is 0 Å². The molecule has 0 aliphatic heterocycles. The molecule has 1 amide bonds. The van der Waals surface area contributed by atoms with Crippen LogP contribution in [-0.2, 0) is 0 Å². The van der Waals surface area contributed by atoms with Gasteiger partial charge in [-0.1, -0.05) is 0 Å². The van der Waals surface area contributed by atoms with Crippen LogP contribution in [0.5, 0.6) is 0 Å². The Morgan fingerprint density at radius 2 is 2.33 bits per heavy atom. The van der Waals surface area contributed by atoms with Crippen molar-refractivity contribution in [3.63, 3.8) is 0 Å². The molecule has 0 bridgehead atoms. The number of rotatable bonds is 3. The van der Waals surface area contributed by atoms with E-state index in [4.69, 9.17) is 5.26 Å². The fourth-order valence-electron chi connectivity index (χ4n) is 1.14. The number of nitro groups is 1. The van der Waals surface area contributed by atoms with Crippen molar-refractivity contribution in [3.8, 4) is 6.07 Å². The highest BCUT2D eigenvalue weighted by molar-refractivity contribution is 9.10. The van der Waals surface area contributed by atoms with Crippen LogP contribution in [0.25, 0.3) is 0 Å². The molecule has 1 aromatic rings. The first-order chi connectivity index (χ1) is 8.38. The molecule has 0 saturated heterocycles.